The number of hydrogen-bond acceptors (Lipinski definition) is 2. The van der Waals surface area contributed by atoms with Crippen LogP contribution in [0.4, 0.5) is 0 Å². The molecule has 0 saturated heterocycles. The lowest BCUT2D eigenvalue weighted by Gasteiger charge is -2.14. The molecule has 1 amide bonds. The van der Waals surface area contributed by atoms with Crippen LogP contribution >= 0.6 is 24.0 Å². The zero-order valence-electron chi connectivity index (χ0n) is 15.9. The summed E-state index contributed by atoms with van der Waals surface area (Å²) >= 11 is 0. The van der Waals surface area contributed by atoms with Gasteiger partial charge in [0.1, 0.15) is 0 Å². The first kappa shape index (κ1) is 21.5. The molecular formula is C20H30IN5O. The Hall–Kier alpha value is -1.77. The van der Waals surface area contributed by atoms with E-state index in [2.05, 4.69) is 50.3 Å². The molecule has 2 aromatic rings. The number of nitrogens with one attached hydrogen (secondary N) is 4. The number of benzene rings is 1. The van der Waals surface area contributed by atoms with E-state index in [9.17, 15) is 4.79 Å². The van der Waals surface area contributed by atoms with Crippen molar-refractivity contribution in [1.82, 2.24) is 20.9 Å². The first-order valence-electron chi connectivity index (χ1n) is 9.55. The van der Waals surface area contributed by atoms with Gasteiger partial charge >= 0.3 is 0 Å². The van der Waals surface area contributed by atoms with Gasteiger partial charge in [0.05, 0.1) is 0 Å². The Balaban J connectivity index is 0.00000261. The van der Waals surface area contributed by atoms with E-state index in [1.165, 1.54) is 29.3 Å². The van der Waals surface area contributed by atoms with Gasteiger partial charge in [-0.15, -0.1) is 24.0 Å². The van der Waals surface area contributed by atoms with E-state index in [1.54, 1.807) is 7.05 Å². The van der Waals surface area contributed by atoms with E-state index in [-0.39, 0.29) is 29.9 Å². The van der Waals surface area contributed by atoms with Gasteiger partial charge in [0.2, 0.25) is 5.91 Å². The minimum Gasteiger partial charge on any atom is -0.361 e. The van der Waals surface area contributed by atoms with Crippen LogP contribution in [0.2, 0.25) is 0 Å². The summed E-state index contributed by atoms with van der Waals surface area (Å²) in [4.78, 5) is 19.5. The van der Waals surface area contributed by atoms with Gasteiger partial charge in [-0.3, -0.25) is 9.79 Å². The predicted molar refractivity (Wildman–Crippen MR) is 122 cm³/mol. The number of carbonyl (C=O) groups excluding carboxylic acids is 1. The SMILES string of the molecule is CN=C(NCCC(=O)NC1CCCC1)NCCc1c[nH]c2ccccc12.I. The number of aromatic nitrogens is 1. The molecule has 148 valence electrons. The summed E-state index contributed by atoms with van der Waals surface area (Å²) in [5, 5.41) is 10.9. The molecule has 7 heteroatoms. The minimum absolute atomic E-state index is 0. The van der Waals surface area contributed by atoms with Crippen molar-refractivity contribution in [2.24, 2.45) is 4.99 Å². The molecule has 1 aromatic heterocycles. The van der Waals surface area contributed by atoms with Crippen LogP contribution in [0.25, 0.3) is 10.9 Å². The molecule has 0 aliphatic heterocycles. The average molecular weight is 483 g/mol. The zero-order valence-corrected chi connectivity index (χ0v) is 18.2. The van der Waals surface area contributed by atoms with Gasteiger partial charge in [-0.2, -0.15) is 0 Å². The molecule has 0 bridgehead atoms. The van der Waals surface area contributed by atoms with Crippen molar-refractivity contribution in [3.05, 3.63) is 36.0 Å². The molecule has 4 N–H and O–H groups in total. The molecule has 27 heavy (non-hydrogen) atoms. The van der Waals surface area contributed by atoms with Gasteiger partial charge in [-0.1, -0.05) is 31.0 Å². The topological polar surface area (TPSA) is 81.3 Å². The Bertz CT molecular complexity index is 752. The Morgan fingerprint density at radius 1 is 1.19 bits per heavy atom. The molecule has 1 saturated carbocycles. The number of halogens is 1. The number of fused-ring (bicyclic) bond motifs is 1. The monoisotopic (exact) mass is 483 g/mol. The summed E-state index contributed by atoms with van der Waals surface area (Å²) in [7, 11) is 1.75. The van der Waals surface area contributed by atoms with E-state index in [4.69, 9.17) is 0 Å². The summed E-state index contributed by atoms with van der Waals surface area (Å²) in [6, 6.07) is 8.71. The van der Waals surface area contributed by atoms with Crippen LogP contribution in [0.5, 0.6) is 0 Å². The molecule has 1 heterocycles. The summed E-state index contributed by atoms with van der Waals surface area (Å²) in [6.45, 7) is 1.38. The van der Waals surface area contributed by atoms with Crippen molar-refractivity contribution >= 4 is 46.7 Å². The number of nitrogens with zero attached hydrogens (tertiary/aromatic N) is 1. The van der Waals surface area contributed by atoms with Gasteiger partial charge < -0.3 is 20.9 Å². The number of aliphatic imine (C=N–C) groups is 1. The van der Waals surface area contributed by atoms with Crippen LogP contribution in [0.15, 0.2) is 35.5 Å². The maximum atomic E-state index is 11.9. The fourth-order valence-corrected chi connectivity index (χ4v) is 3.54. The first-order chi connectivity index (χ1) is 12.8. The van der Waals surface area contributed by atoms with Crippen LogP contribution < -0.4 is 16.0 Å². The second-order valence-electron chi connectivity index (χ2n) is 6.83. The number of aromatic amines is 1. The summed E-state index contributed by atoms with van der Waals surface area (Å²) in [6.07, 6.45) is 8.15. The molecule has 3 rings (SSSR count). The van der Waals surface area contributed by atoms with Gasteiger partial charge in [0.25, 0.3) is 0 Å². The van der Waals surface area contributed by atoms with Gasteiger partial charge in [-0.05, 0) is 30.9 Å². The van der Waals surface area contributed by atoms with Crippen molar-refractivity contribution in [2.45, 2.75) is 44.6 Å². The number of H-pyrrole nitrogens is 1. The number of guanidine groups is 1. The fourth-order valence-electron chi connectivity index (χ4n) is 3.54. The normalized spacial score (nSPS) is 14.8. The molecule has 1 aromatic carbocycles. The largest absolute Gasteiger partial charge is 0.361 e. The van der Waals surface area contributed by atoms with E-state index in [1.807, 2.05) is 6.07 Å². The standard InChI is InChI=1S/C20H29N5O.HI/c1-21-20(23-13-11-19(26)25-16-6-2-3-7-16)22-12-10-15-14-24-18-9-5-4-8-17(15)18;/h4-5,8-9,14,16,24H,2-3,6-7,10-13H2,1H3,(H,25,26)(H2,21,22,23);1H. The van der Waals surface area contributed by atoms with Crippen LogP contribution in [0.1, 0.15) is 37.7 Å². The van der Waals surface area contributed by atoms with Crippen LogP contribution in [0, 0.1) is 0 Å². The zero-order chi connectivity index (χ0) is 18.2. The van der Waals surface area contributed by atoms with Crippen molar-refractivity contribution in [3.8, 4) is 0 Å². The van der Waals surface area contributed by atoms with E-state index in [0.29, 0.717) is 19.0 Å². The Labute approximate surface area is 178 Å². The quantitative estimate of drug-likeness (QED) is 0.278. The molecule has 0 radical (unpaired) electrons. The number of para-hydroxylation sites is 1. The lowest BCUT2D eigenvalue weighted by molar-refractivity contribution is -0.121. The van der Waals surface area contributed by atoms with Crippen LogP contribution in [0.3, 0.4) is 0 Å². The Morgan fingerprint density at radius 3 is 2.70 bits per heavy atom. The van der Waals surface area contributed by atoms with E-state index >= 15 is 0 Å². The molecule has 1 aliphatic rings. The van der Waals surface area contributed by atoms with Crippen LogP contribution in [-0.2, 0) is 11.2 Å². The van der Waals surface area contributed by atoms with Crippen molar-refractivity contribution in [3.63, 3.8) is 0 Å². The van der Waals surface area contributed by atoms with E-state index < -0.39 is 0 Å². The molecule has 0 atom stereocenters. The maximum Gasteiger partial charge on any atom is 0.221 e. The third kappa shape index (κ3) is 6.41. The first-order valence-corrected chi connectivity index (χ1v) is 9.55. The van der Waals surface area contributed by atoms with Crippen molar-refractivity contribution < 1.29 is 4.79 Å². The molecule has 1 fully saturated rings. The molecule has 6 nitrogen and oxygen atoms in total. The summed E-state index contributed by atoms with van der Waals surface area (Å²) in [5.41, 5.74) is 2.46. The fraction of sp³-hybridized carbons (Fsp3) is 0.500. The average Bonchev–Trinajstić information content (AvgIpc) is 3.30. The highest BCUT2D eigenvalue weighted by molar-refractivity contribution is 14.0. The smallest absolute Gasteiger partial charge is 0.221 e. The maximum absolute atomic E-state index is 11.9. The number of amides is 1. The minimum atomic E-state index is 0. The van der Waals surface area contributed by atoms with Crippen LogP contribution in [-0.4, -0.2) is 43.0 Å². The third-order valence-electron chi connectivity index (χ3n) is 4.95. The summed E-state index contributed by atoms with van der Waals surface area (Å²) < 4.78 is 0. The lowest BCUT2D eigenvalue weighted by atomic mass is 10.1. The third-order valence-corrected chi connectivity index (χ3v) is 4.95. The Kier molecular flexibility index (Phi) is 8.90. The molecular weight excluding hydrogens is 453 g/mol. The van der Waals surface area contributed by atoms with Gasteiger partial charge in [0.15, 0.2) is 5.96 Å². The highest BCUT2D eigenvalue weighted by Crippen LogP contribution is 2.18. The van der Waals surface area contributed by atoms with Gasteiger partial charge in [-0.25, -0.2) is 0 Å². The summed E-state index contributed by atoms with van der Waals surface area (Å²) in [5.74, 6) is 0.858. The Morgan fingerprint density at radius 2 is 1.93 bits per heavy atom. The highest BCUT2D eigenvalue weighted by atomic mass is 127. The van der Waals surface area contributed by atoms with Crippen molar-refractivity contribution in [2.75, 3.05) is 20.1 Å². The second kappa shape index (κ2) is 11.2. The number of rotatable bonds is 7. The van der Waals surface area contributed by atoms with Gasteiger partial charge in [0, 0.05) is 49.7 Å². The number of carbonyl (C=O) groups is 1. The van der Waals surface area contributed by atoms with Crippen molar-refractivity contribution in [1.29, 1.82) is 0 Å². The molecule has 0 unspecified atom stereocenters. The highest BCUT2D eigenvalue weighted by Gasteiger charge is 2.16. The molecule has 0 spiro atoms. The number of hydrogen-bond donors (Lipinski definition) is 4. The molecule has 1 aliphatic carbocycles. The van der Waals surface area contributed by atoms with E-state index in [0.717, 1.165) is 31.8 Å². The second-order valence-corrected chi connectivity index (χ2v) is 6.83. The predicted octanol–water partition coefficient (Wildman–Crippen LogP) is 2.94. The lowest BCUT2D eigenvalue weighted by Crippen LogP contribution is -2.41.